The molecule has 0 N–H and O–H groups in total. The summed E-state index contributed by atoms with van der Waals surface area (Å²) in [7, 11) is 2.24. The molecule has 0 amide bonds. The van der Waals surface area contributed by atoms with E-state index >= 15 is 0 Å². The maximum atomic E-state index is 14.2. The summed E-state index contributed by atoms with van der Waals surface area (Å²) in [6, 6.07) is 7.80. The molecule has 0 aliphatic heterocycles. The van der Waals surface area contributed by atoms with E-state index in [0.717, 1.165) is 14.2 Å². The summed E-state index contributed by atoms with van der Waals surface area (Å²) in [4.78, 5) is 0. The van der Waals surface area contributed by atoms with E-state index in [4.69, 9.17) is 18.9 Å². The predicted molar refractivity (Wildman–Crippen MR) is 214 cm³/mol. The van der Waals surface area contributed by atoms with E-state index in [1.165, 1.54) is 36.4 Å². The fraction of sp³-hybridized carbons (Fsp3) is 0.707. The largest absolute Gasteiger partial charge is 0.493 e. The quantitative estimate of drug-likeness (QED) is 0.0413. The van der Waals surface area contributed by atoms with Crippen molar-refractivity contribution < 1.29 is 168 Å². The van der Waals surface area contributed by atoms with Crippen molar-refractivity contribution in [3.05, 3.63) is 47.5 Å². The van der Waals surface area contributed by atoms with Crippen molar-refractivity contribution in [3.63, 3.8) is 0 Å². The van der Waals surface area contributed by atoms with Crippen molar-refractivity contribution in [3.8, 4) is 23.0 Å². The number of alkyl halides is 34. The number of rotatable bonds is 32. The third-order valence-corrected chi connectivity index (χ3v) is 13.2. The first-order chi connectivity index (χ1) is 36.0. The Labute approximate surface area is 439 Å². The van der Waals surface area contributed by atoms with Crippen molar-refractivity contribution in [1.29, 1.82) is 0 Å². The number of ether oxygens (including phenoxy) is 4. The Kier molecular flexibility index (Phi) is 21.8. The van der Waals surface area contributed by atoms with Gasteiger partial charge in [0.05, 0.1) is 14.2 Å². The van der Waals surface area contributed by atoms with Gasteiger partial charge in [-0.25, -0.2) is 0 Å². The van der Waals surface area contributed by atoms with E-state index in [1.807, 2.05) is 0 Å². The highest BCUT2D eigenvalue weighted by Gasteiger charge is 2.97. The summed E-state index contributed by atoms with van der Waals surface area (Å²) in [5.74, 6) is -118. The van der Waals surface area contributed by atoms with Crippen LogP contribution in [0.1, 0.15) is 36.8 Å². The number of hydrogen-bond donors (Lipinski definition) is 0. The zero-order valence-electron chi connectivity index (χ0n) is 39.5. The van der Waals surface area contributed by atoms with E-state index in [-0.39, 0.29) is 83.7 Å². The molecule has 2 aromatic rings. The van der Waals surface area contributed by atoms with Gasteiger partial charge in [0.1, 0.15) is 0 Å². The third-order valence-electron chi connectivity index (χ3n) is 11.1. The number of aryl methyl sites for hydroxylation is 2. The molecule has 0 unspecified atom stereocenters. The molecule has 2 aromatic carbocycles. The average molecular weight is 1300 g/mol. The standard InChI is InChI=1S/C41H34F34O4S2/c1-76-24-17-20(5-3-13-80-15-11-26(42,43)28(46,47)30(50,51)32(54,55)34(58,59)36(62,63)38(66,67)40(70,71)72)7-9-22(24)78-19-79-23-10-8-21(18-25(23)77-2)6-4-14-81-16-12-27(44,45)29(48,49)31(52,53)33(56,57)35(60,61)37(64,65)39(68,69)41(73,74)75/h7-10,17-18H,3-6,11-16,19H2,1-2H3. The van der Waals surface area contributed by atoms with E-state index in [1.54, 1.807) is 0 Å². The summed E-state index contributed by atoms with van der Waals surface area (Å²) in [5, 5.41) is 0. The summed E-state index contributed by atoms with van der Waals surface area (Å²) in [5.41, 5.74) is 0.694. The third kappa shape index (κ3) is 13.1. The monoisotopic (exact) mass is 1300 g/mol. The molecular weight excluding hydrogens is 1270 g/mol. The molecule has 0 aliphatic rings. The zero-order valence-corrected chi connectivity index (χ0v) is 41.2. The highest BCUT2D eigenvalue weighted by atomic mass is 32.2. The number of thioether (sulfide) groups is 2. The van der Waals surface area contributed by atoms with Gasteiger partial charge in [-0.2, -0.15) is 173 Å². The predicted octanol–water partition coefficient (Wildman–Crippen LogP) is 17.2. The second-order valence-electron chi connectivity index (χ2n) is 16.6. The topological polar surface area (TPSA) is 36.9 Å². The minimum Gasteiger partial charge on any atom is -0.493 e. The zero-order chi connectivity index (χ0) is 63.7. The van der Waals surface area contributed by atoms with Gasteiger partial charge < -0.3 is 18.9 Å². The van der Waals surface area contributed by atoms with Crippen LogP contribution in [0.3, 0.4) is 0 Å². The fourth-order valence-corrected chi connectivity index (χ4v) is 8.10. The lowest BCUT2D eigenvalue weighted by molar-refractivity contribution is -0.461. The molecule has 472 valence electrons. The Bertz CT molecular complexity index is 2230. The number of methoxy groups -OCH3 is 2. The van der Waals surface area contributed by atoms with Crippen molar-refractivity contribution in [1.82, 2.24) is 0 Å². The molecular formula is C41H34F34O4S2. The molecule has 40 heteroatoms. The van der Waals surface area contributed by atoms with Gasteiger partial charge in [0.25, 0.3) is 0 Å². The molecule has 0 heterocycles. The van der Waals surface area contributed by atoms with Crippen LogP contribution >= 0.6 is 23.5 Å². The van der Waals surface area contributed by atoms with Crippen molar-refractivity contribution in [2.24, 2.45) is 0 Å². The number of halogens is 34. The smallest absolute Gasteiger partial charge is 0.460 e. The van der Waals surface area contributed by atoms with Crippen LogP contribution in [0.4, 0.5) is 149 Å². The maximum absolute atomic E-state index is 14.2. The molecule has 2 rings (SSSR count). The summed E-state index contributed by atoms with van der Waals surface area (Å²) in [6.07, 6.45) is -21.2. The first-order valence-corrected chi connectivity index (χ1v) is 23.5. The van der Waals surface area contributed by atoms with Gasteiger partial charge in [-0.3, -0.25) is 0 Å². The molecule has 0 saturated carbocycles. The van der Waals surface area contributed by atoms with Crippen LogP contribution in [0, 0.1) is 0 Å². The van der Waals surface area contributed by atoms with Gasteiger partial charge in [0, 0.05) is 12.8 Å². The minimum absolute atomic E-state index is 0.0315. The Morgan fingerprint density at radius 1 is 0.309 bits per heavy atom. The highest BCUT2D eigenvalue weighted by molar-refractivity contribution is 7.99. The lowest BCUT2D eigenvalue weighted by atomic mass is 9.88. The van der Waals surface area contributed by atoms with Gasteiger partial charge in [-0.1, -0.05) is 12.1 Å². The van der Waals surface area contributed by atoms with Crippen molar-refractivity contribution in [2.45, 2.75) is 134 Å². The first kappa shape index (κ1) is 73.1. The van der Waals surface area contributed by atoms with Gasteiger partial charge in [0.2, 0.25) is 6.79 Å². The fourth-order valence-electron chi connectivity index (χ4n) is 6.20. The maximum Gasteiger partial charge on any atom is 0.460 e. The number of benzene rings is 2. The van der Waals surface area contributed by atoms with Crippen molar-refractivity contribution in [2.75, 3.05) is 44.0 Å². The Morgan fingerprint density at radius 2 is 0.556 bits per heavy atom. The van der Waals surface area contributed by atoms with Gasteiger partial charge in [0.15, 0.2) is 23.0 Å². The van der Waals surface area contributed by atoms with E-state index in [2.05, 4.69) is 0 Å². The Balaban J connectivity index is 1.96. The summed E-state index contributed by atoms with van der Waals surface area (Å²) >= 11 is 0.434. The molecule has 0 aromatic heterocycles. The molecule has 81 heavy (non-hydrogen) atoms. The van der Waals surface area contributed by atoms with Crippen LogP contribution in [-0.4, -0.2) is 139 Å². The molecule has 0 spiro atoms. The van der Waals surface area contributed by atoms with Crippen LogP contribution in [-0.2, 0) is 12.8 Å². The van der Waals surface area contributed by atoms with Crippen LogP contribution < -0.4 is 18.9 Å². The van der Waals surface area contributed by atoms with E-state index < -0.39 is 126 Å². The average Bonchev–Trinajstić information content (AvgIpc) is 3.32. The van der Waals surface area contributed by atoms with E-state index in [9.17, 15) is 149 Å². The molecule has 4 nitrogen and oxygen atoms in total. The van der Waals surface area contributed by atoms with Gasteiger partial charge >= 0.3 is 95.3 Å². The lowest BCUT2D eigenvalue weighted by Crippen LogP contribution is -2.74. The second kappa shape index (κ2) is 24.1. The first-order valence-electron chi connectivity index (χ1n) is 21.2. The van der Waals surface area contributed by atoms with Crippen LogP contribution in [0.15, 0.2) is 36.4 Å². The van der Waals surface area contributed by atoms with Gasteiger partial charge in [-0.15, -0.1) is 0 Å². The molecule has 0 fully saturated rings. The Hall–Kier alpha value is -4.04. The molecule has 0 saturated heterocycles. The lowest BCUT2D eigenvalue weighted by Gasteiger charge is -2.42. The van der Waals surface area contributed by atoms with Gasteiger partial charge in [-0.05, 0) is 84.1 Å². The second-order valence-corrected chi connectivity index (χ2v) is 19.1. The molecule has 0 aliphatic carbocycles. The van der Waals surface area contributed by atoms with Crippen molar-refractivity contribution >= 4 is 23.5 Å². The summed E-state index contributed by atoms with van der Waals surface area (Å²) in [6.45, 7) is -0.634. The van der Waals surface area contributed by atoms with Crippen LogP contribution in [0.5, 0.6) is 23.0 Å². The number of hydrogen-bond acceptors (Lipinski definition) is 6. The highest BCUT2D eigenvalue weighted by Crippen LogP contribution is 2.66. The summed E-state index contributed by atoms with van der Waals surface area (Å²) < 4.78 is 480. The molecule has 0 atom stereocenters. The van der Waals surface area contributed by atoms with E-state index in [0.29, 0.717) is 11.1 Å². The molecule has 0 bridgehead atoms. The Morgan fingerprint density at radius 3 is 0.802 bits per heavy atom. The van der Waals surface area contributed by atoms with Crippen LogP contribution in [0.2, 0.25) is 0 Å². The normalized spacial score (nSPS) is 15.1. The SMILES string of the molecule is COc1cc(CCCSCCC(F)(F)C(F)(F)C(F)(F)C(F)(F)C(F)(F)C(F)(F)C(F)(F)C(F)(F)F)ccc1OCOc1ccc(CCCSCCC(F)(F)C(F)(F)C(F)(F)C(F)(F)C(F)(F)C(F)(F)C(F)(F)C(F)(F)F)cc1OC. The minimum atomic E-state index is -8.74. The van der Waals surface area contributed by atoms with Crippen LogP contribution in [0.25, 0.3) is 0 Å². The molecule has 0 radical (unpaired) electrons.